The molecule has 0 fully saturated rings. The van der Waals surface area contributed by atoms with Gasteiger partial charge in [-0.3, -0.25) is 4.79 Å². The van der Waals surface area contributed by atoms with E-state index in [1.807, 2.05) is 5.38 Å². The Morgan fingerprint density at radius 1 is 1.37 bits per heavy atom. The van der Waals surface area contributed by atoms with E-state index in [2.05, 4.69) is 5.32 Å². The van der Waals surface area contributed by atoms with Crippen LogP contribution in [0.4, 0.5) is 0 Å². The molecular weight excluding hydrogens is 262 g/mol. The van der Waals surface area contributed by atoms with Crippen LogP contribution in [-0.2, 0) is 0 Å². The lowest BCUT2D eigenvalue weighted by molar-refractivity contribution is 0.0916. The lowest BCUT2D eigenvalue weighted by Crippen LogP contribution is -2.27. The molecular formula is C14H15NO3S. The van der Waals surface area contributed by atoms with E-state index in [-0.39, 0.29) is 12.5 Å². The molecule has 2 aromatic rings. The summed E-state index contributed by atoms with van der Waals surface area (Å²) in [5.41, 5.74) is 1.36. The molecule has 5 heteroatoms. The highest BCUT2D eigenvalue weighted by Gasteiger charge is 2.11. The number of hydrogen-bond donors (Lipinski definition) is 2. The molecule has 0 saturated heterocycles. The number of carbonyl (C=O) groups excluding carboxylic acids is 1. The summed E-state index contributed by atoms with van der Waals surface area (Å²) in [6.07, 6.45) is -0.728. The summed E-state index contributed by atoms with van der Waals surface area (Å²) in [5, 5.41) is 16.3. The minimum Gasteiger partial charge on any atom is -0.497 e. The summed E-state index contributed by atoms with van der Waals surface area (Å²) in [4.78, 5) is 11.7. The SMILES string of the molecule is COc1ccc([C@H](O)CNC(=O)c2ccsc2)cc1. The number of rotatable bonds is 5. The molecule has 0 aliphatic rings. The van der Waals surface area contributed by atoms with Crippen molar-refractivity contribution in [2.24, 2.45) is 0 Å². The molecule has 0 spiro atoms. The second kappa shape index (κ2) is 6.36. The number of amides is 1. The summed E-state index contributed by atoms with van der Waals surface area (Å²) in [7, 11) is 1.59. The molecule has 2 N–H and O–H groups in total. The van der Waals surface area contributed by atoms with E-state index in [1.165, 1.54) is 11.3 Å². The van der Waals surface area contributed by atoms with Gasteiger partial charge in [-0.05, 0) is 29.1 Å². The van der Waals surface area contributed by atoms with Gasteiger partial charge in [-0.2, -0.15) is 11.3 Å². The highest BCUT2D eigenvalue weighted by molar-refractivity contribution is 7.08. The molecule has 2 rings (SSSR count). The first kappa shape index (κ1) is 13.6. The highest BCUT2D eigenvalue weighted by Crippen LogP contribution is 2.17. The van der Waals surface area contributed by atoms with Crippen LogP contribution in [0.2, 0.25) is 0 Å². The monoisotopic (exact) mass is 277 g/mol. The van der Waals surface area contributed by atoms with E-state index in [0.29, 0.717) is 5.56 Å². The Morgan fingerprint density at radius 2 is 2.11 bits per heavy atom. The fraction of sp³-hybridized carbons (Fsp3) is 0.214. The maximum absolute atomic E-state index is 11.7. The number of methoxy groups -OCH3 is 1. The van der Waals surface area contributed by atoms with Crippen LogP contribution in [0.15, 0.2) is 41.1 Å². The smallest absolute Gasteiger partial charge is 0.252 e. The van der Waals surface area contributed by atoms with Crippen molar-refractivity contribution < 1.29 is 14.6 Å². The Labute approximate surface area is 115 Å². The van der Waals surface area contributed by atoms with Gasteiger partial charge < -0.3 is 15.2 Å². The van der Waals surface area contributed by atoms with Gasteiger partial charge in [0.15, 0.2) is 0 Å². The molecule has 0 bridgehead atoms. The van der Waals surface area contributed by atoms with E-state index in [0.717, 1.165) is 11.3 Å². The van der Waals surface area contributed by atoms with Crippen molar-refractivity contribution in [1.29, 1.82) is 0 Å². The average molecular weight is 277 g/mol. The average Bonchev–Trinajstić information content (AvgIpc) is 2.98. The molecule has 0 aliphatic carbocycles. The minimum absolute atomic E-state index is 0.172. The van der Waals surface area contributed by atoms with Gasteiger partial charge in [0.25, 0.3) is 5.91 Å². The third kappa shape index (κ3) is 3.56. The summed E-state index contributed by atoms with van der Waals surface area (Å²) in [6, 6.07) is 8.86. The van der Waals surface area contributed by atoms with Crippen molar-refractivity contribution >= 4 is 17.2 Å². The second-order valence-electron chi connectivity index (χ2n) is 4.01. The van der Waals surface area contributed by atoms with E-state index >= 15 is 0 Å². The molecule has 1 aromatic heterocycles. The zero-order valence-electron chi connectivity index (χ0n) is 10.5. The van der Waals surface area contributed by atoms with Gasteiger partial charge in [0, 0.05) is 17.5 Å². The first-order valence-corrected chi connectivity index (χ1v) is 6.77. The van der Waals surface area contributed by atoms with Gasteiger partial charge in [-0.25, -0.2) is 0 Å². The van der Waals surface area contributed by atoms with E-state index in [4.69, 9.17) is 4.74 Å². The van der Waals surface area contributed by atoms with Gasteiger partial charge in [0.2, 0.25) is 0 Å². The number of carbonyl (C=O) groups is 1. The lowest BCUT2D eigenvalue weighted by atomic mass is 10.1. The molecule has 4 nitrogen and oxygen atoms in total. The predicted octanol–water partition coefficient (Wildman–Crippen LogP) is 2.22. The largest absolute Gasteiger partial charge is 0.497 e. The van der Waals surface area contributed by atoms with E-state index in [9.17, 15) is 9.90 Å². The zero-order valence-corrected chi connectivity index (χ0v) is 11.3. The van der Waals surface area contributed by atoms with Gasteiger partial charge in [0.1, 0.15) is 5.75 Å². The molecule has 1 heterocycles. The molecule has 100 valence electrons. The first-order valence-electron chi connectivity index (χ1n) is 5.83. The fourth-order valence-corrected chi connectivity index (χ4v) is 2.26. The van der Waals surface area contributed by atoms with Crippen molar-refractivity contribution in [2.75, 3.05) is 13.7 Å². The standard InChI is InChI=1S/C14H15NO3S/c1-18-12-4-2-10(3-5-12)13(16)8-15-14(17)11-6-7-19-9-11/h2-7,9,13,16H,8H2,1H3,(H,15,17)/t13-/m1/s1. The molecule has 0 unspecified atom stereocenters. The third-order valence-corrected chi connectivity index (χ3v) is 3.42. The van der Waals surface area contributed by atoms with Crippen LogP contribution in [0.3, 0.4) is 0 Å². The number of hydrogen-bond acceptors (Lipinski definition) is 4. The molecule has 0 aliphatic heterocycles. The summed E-state index contributed by atoms with van der Waals surface area (Å²) in [5.74, 6) is 0.562. The van der Waals surface area contributed by atoms with Gasteiger partial charge in [-0.15, -0.1) is 0 Å². The molecule has 1 aromatic carbocycles. The lowest BCUT2D eigenvalue weighted by Gasteiger charge is -2.12. The van der Waals surface area contributed by atoms with E-state index in [1.54, 1.807) is 42.8 Å². The van der Waals surface area contributed by atoms with Crippen LogP contribution in [0.1, 0.15) is 22.0 Å². The van der Waals surface area contributed by atoms with Crippen LogP contribution in [0.25, 0.3) is 0 Å². The van der Waals surface area contributed by atoms with Crippen molar-refractivity contribution in [2.45, 2.75) is 6.10 Å². The Hall–Kier alpha value is -1.85. The Morgan fingerprint density at radius 3 is 2.68 bits per heavy atom. The van der Waals surface area contributed by atoms with Crippen molar-refractivity contribution in [1.82, 2.24) is 5.32 Å². The number of aliphatic hydroxyl groups is 1. The van der Waals surface area contributed by atoms with Gasteiger partial charge >= 0.3 is 0 Å². The van der Waals surface area contributed by atoms with Gasteiger partial charge in [0.05, 0.1) is 13.2 Å². The molecule has 0 radical (unpaired) electrons. The summed E-state index contributed by atoms with van der Waals surface area (Å²) >= 11 is 1.47. The highest BCUT2D eigenvalue weighted by atomic mass is 32.1. The summed E-state index contributed by atoms with van der Waals surface area (Å²) < 4.78 is 5.05. The number of nitrogens with one attached hydrogen (secondary N) is 1. The number of thiophene rings is 1. The maximum atomic E-state index is 11.7. The Kier molecular flexibility index (Phi) is 4.54. The maximum Gasteiger partial charge on any atom is 0.252 e. The van der Waals surface area contributed by atoms with Crippen LogP contribution in [-0.4, -0.2) is 24.7 Å². The minimum atomic E-state index is -0.728. The van der Waals surface area contributed by atoms with Crippen molar-refractivity contribution in [3.63, 3.8) is 0 Å². The first-order chi connectivity index (χ1) is 9.20. The molecule has 19 heavy (non-hydrogen) atoms. The number of ether oxygens (including phenoxy) is 1. The Bertz CT molecular complexity index is 522. The second-order valence-corrected chi connectivity index (χ2v) is 4.79. The normalized spacial score (nSPS) is 11.9. The Balaban J connectivity index is 1.90. The summed E-state index contributed by atoms with van der Waals surface area (Å²) in [6.45, 7) is 0.182. The van der Waals surface area contributed by atoms with Crippen LogP contribution < -0.4 is 10.1 Å². The molecule has 0 saturated carbocycles. The van der Waals surface area contributed by atoms with Crippen LogP contribution in [0.5, 0.6) is 5.75 Å². The quantitative estimate of drug-likeness (QED) is 0.881. The van der Waals surface area contributed by atoms with Crippen molar-refractivity contribution in [3.05, 3.63) is 52.2 Å². The van der Waals surface area contributed by atoms with Crippen LogP contribution >= 0.6 is 11.3 Å². The molecule has 1 atom stereocenters. The van der Waals surface area contributed by atoms with Crippen molar-refractivity contribution in [3.8, 4) is 5.75 Å². The van der Waals surface area contributed by atoms with Crippen LogP contribution in [0, 0.1) is 0 Å². The van der Waals surface area contributed by atoms with Gasteiger partial charge in [-0.1, -0.05) is 12.1 Å². The number of benzene rings is 1. The van der Waals surface area contributed by atoms with E-state index < -0.39 is 6.10 Å². The fourth-order valence-electron chi connectivity index (χ4n) is 1.63. The predicted molar refractivity (Wildman–Crippen MR) is 74.6 cm³/mol. The zero-order chi connectivity index (χ0) is 13.7. The number of aliphatic hydroxyl groups excluding tert-OH is 1. The molecule has 1 amide bonds. The third-order valence-electron chi connectivity index (χ3n) is 2.74. The topological polar surface area (TPSA) is 58.6 Å².